The van der Waals surface area contributed by atoms with Crippen molar-refractivity contribution in [2.24, 2.45) is 5.73 Å². The maximum atomic E-state index is 11.9. The SMILES string of the molecule is CCC[C@@H](N)C(=O)Nc1cc(S(=O)(=O)NC)ccc1C. The fraction of sp³-hybridized carbons (Fsp3) is 0.462. The Morgan fingerprint density at radius 2 is 2.05 bits per heavy atom. The molecule has 0 heterocycles. The summed E-state index contributed by atoms with van der Waals surface area (Å²) < 4.78 is 25.7. The molecule has 20 heavy (non-hydrogen) atoms. The number of benzene rings is 1. The Bertz CT molecular complexity index is 585. The molecule has 0 spiro atoms. The lowest BCUT2D eigenvalue weighted by Crippen LogP contribution is -2.35. The monoisotopic (exact) mass is 299 g/mol. The van der Waals surface area contributed by atoms with Crippen molar-refractivity contribution in [1.82, 2.24) is 4.72 Å². The first-order valence-corrected chi connectivity index (χ1v) is 7.90. The smallest absolute Gasteiger partial charge is 0.241 e. The fourth-order valence-corrected chi connectivity index (χ4v) is 2.44. The van der Waals surface area contributed by atoms with Crippen LogP contribution in [0.5, 0.6) is 0 Å². The van der Waals surface area contributed by atoms with E-state index in [9.17, 15) is 13.2 Å². The van der Waals surface area contributed by atoms with Crippen LogP contribution < -0.4 is 15.8 Å². The van der Waals surface area contributed by atoms with Gasteiger partial charge < -0.3 is 11.1 Å². The molecule has 7 heteroatoms. The van der Waals surface area contributed by atoms with Gasteiger partial charge in [-0.3, -0.25) is 4.79 Å². The molecule has 0 aliphatic carbocycles. The molecule has 0 aliphatic heterocycles. The number of rotatable bonds is 6. The van der Waals surface area contributed by atoms with E-state index in [2.05, 4.69) is 10.0 Å². The van der Waals surface area contributed by atoms with Crippen LogP contribution in [0.25, 0.3) is 0 Å². The lowest BCUT2D eigenvalue weighted by molar-refractivity contribution is -0.117. The van der Waals surface area contributed by atoms with Crippen molar-refractivity contribution < 1.29 is 13.2 Å². The normalized spacial score (nSPS) is 13.0. The van der Waals surface area contributed by atoms with Crippen LogP contribution in [0, 0.1) is 6.92 Å². The summed E-state index contributed by atoms with van der Waals surface area (Å²) in [6.07, 6.45) is 1.39. The van der Waals surface area contributed by atoms with Crippen LogP contribution >= 0.6 is 0 Å². The van der Waals surface area contributed by atoms with Gasteiger partial charge in [0.25, 0.3) is 0 Å². The minimum atomic E-state index is -3.54. The molecular weight excluding hydrogens is 278 g/mol. The quantitative estimate of drug-likeness (QED) is 0.728. The van der Waals surface area contributed by atoms with Gasteiger partial charge >= 0.3 is 0 Å². The second kappa shape index (κ2) is 6.83. The van der Waals surface area contributed by atoms with Gasteiger partial charge in [-0.25, -0.2) is 13.1 Å². The van der Waals surface area contributed by atoms with Gasteiger partial charge in [0.1, 0.15) is 0 Å². The standard InChI is InChI=1S/C13H21N3O3S/c1-4-5-11(14)13(17)16-12-8-10(7-6-9(12)2)20(18,19)15-3/h6-8,11,15H,4-5,14H2,1-3H3,(H,16,17)/t11-/m1/s1. The van der Waals surface area contributed by atoms with E-state index in [0.717, 1.165) is 12.0 Å². The van der Waals surface area contributed by atoms with E-state index in [4.69, 9.17) is 5.73 Å². The summed E-state index contributed by atoms with van der Waals surface area (Å²) in [6, 6.07) is 3.97. The molecule has 1 aromatic rings. The Hall–Kier alpha value is -1.44. The Kier molecular flexibility index (Phi) is 5.67. The first-order valence-electron chi connectivity index (χ1n) is 6.42. The molecule has 1 rings (SSSR count). The summed E-state index contributed by atoms with van der Waals surface area (Å²) in [4.78, 5) is 12.0. The van der Waals surface area contributed by atoms with Gasteiger partial charge in [-0.1, -0.05) is 19.4 Å². The highest BCUT2D eigenvalue weighted by atomic mass is 32.2. The first kappa shape index (κ1) is 16.6. The summed E-state index contributed by atoms with van der Waals surface area (Å²) in [5.74, 6) is -0.311. The summed E-state index contributed by atoms with van der Waals surface area (Å²) in [6.45, 7) is 3.73. The zero-order valence-electron chi connectivity index (χ0n) is 11.9. The van der Waals surface area contributed by atoms with Gasteiger partial charge in [-0.15, -0.1) is 0 Å². The van der Waals surface area contributed by atoms with Crippen LogP contribution in [0.3, 0.4) is 0 Å². The van der Waals surface area contributed by atoms with Crippen molar-refractivity contribution in [2.45, 2.75) is 37.6 Å². The fourth-order valence-electron chi connectivity index (χ4n) is 1.69. The van der Waals surface area contributed by atoms with E-state index in [1.807, 2.05) is 6.92 Å². The third-order valence-corrected chi connectivity index (χ3v) is 4.39. The molecule has 0 aromatic heterocycles. The number of hydrogen-bond donors (Lipinski definition) is 3. The highest BCUT2D eigenvalue weighted by molar-refractivity contribution is 7.89. The van der Waals surface area contributed by atoms with Crippen molar-refractivity contribution in [3.63, 3.8) is 0 Å². The highest BCUT2D eigenvalue weighted by Gasteiger charge is 2.16. The molecule has 1 atom stereocenters. The Balaban J connectivity index is 3.01. The number of nitrogens with two attached hydrogens (primary N) is 1. The molecule has 6 nitrogen and oxygen atoms in total. The average molecular weight is 299 g/mol. The molecule has 1 amide bonds. The van der Waals surface area contributed by atoms with E-state index < -0.39 is 16.1 Å². The van der Waals surface area contributed by atoms with Gasteiger partial charge in [0, 0.05) is 5.69 Å². The van der Waals surface area contributed by atoms with Crippen LogP contribution in [0.2, 0.25) is 0 Å². The van der Waals surface area contributed by atoms with Crippen LogP contribution in [-0.2, 0) is 14.8 Å². The maximum absolute atomic E-state index is 11.9. The molecular formula is C13H21N3O3S. The van der Waals surface area contributed by atoms with Crippen molar-refractivity contribution in [2.75, 3.05) is 12.4 Å². The maximum Gasteiger partial charge on any atom is 0.241 e. The summed E-state index contributed by atoms with van der Waals surface area (Å²) >= 11 is 0. The van der Waals surface area contributed by atoms with Gasteiger partial charge in [0.2, 0.25) is 15.9 Å². The van der Waals surface area contributed by atoms with E-state index in [1.165, 1.54) is 19.2 Å². The van der Waals surface area contributed by atoms with E-state index in [0.29, 0.717) is 12.1 Å². The lowest BCUT2D eigenvalue weighted by atomic mass is 10.1. The van der Waals surface area contributed by atoms with Crippen LogP contribution in [0.1, 0.15) is 25.3 Å². The molecule has 0 unspecified atom stereocenters. The predicted octanol–water partition coefficient (Wildman–Crippen LogP) is 0.969. The van der Waals surface area contributed by atoms with Gasteiger partial charge in [0.15, 0.2) is 0 Å². The van der Waals surface area contributed by atoms with Crippen molar-refractivity contribution >= 4 is 21.6 Å². The zero-order chi connectivity index (χ0) is 15.3. The second-order valence-corrected chi connectivity index (χ2v) is 6.46. The van der Waals surface area contributed by atoms with Crippen LogP contribution in [0.4, 0.5) is 5.69 Å². The number of carbonyl (C=O) groups excluding carboxylic acids is 1. The number of hydrogen-bond acceptors (Lipinski definition) is 4. The van der Waals surface area contributed by atoms with Gasteiger partial charge in [0.05, 0.1) is 10.9 Å². The third kappa shape index (κ3) is 4.03. The molecule has 0 radical (unpaired) electrons. The zero-order valence-corrected chi connectivity index (χ0v) is 12.8. The molecule has 4 N–H and O–H groups in total. The Morgan fingerprint density at radius 3 is 2.60 bits per heavy atom. The minimum Gasteiger partial charge on any atom is -0.324 e. The number of amides is 1. The highest BCUT2D eigenvalue weighted by Crippen LogP contribution is 2.20. The molecule has 112 valence electrons. The average Bonchev–Trinajstić information content (AvgIpc) is 2.41. The molecule has 0 bridgehead atoms. The number of nitrogens with one attached hydrogen (secondary N) is 2. The van der Waals surface area contributed by atoms with Crippen LogP contribution in [-0.4, -0.2) is 27.4 Å². The lowest BCUT2D eigenvalue weighted by Gasteiger charge is -2.14. The Labute approximate surface area is 119 Å². The van der Waals surface area contributed by atoms with Crippen molar-refractivity contribution in [1.29, 1.82) is 0 Å². The summed E-state index contributed by atoms with van der Waals surface area (Å²) in [7, 11) is -2.20. The third-order valence-electron chi connectivity index (χ3n) is 2.98. The van der Waals surface area contributed by atoms with E-state index >= 15 is 0 Å². The Morgan fingerprint density at radius 1 is 1.40 bits per heavy atom. The minimum absolute atomic E-state index is 0.102. The number of aryl methyl sites for hydroxylation is 1. The number of carbonyl (C=O) groups is 1. The van der Waals surface area contributed by atoms with Gasteiger partial charge in [-0.05, 0) is 38.1 Å². The summed E-state index contributed by atoms with van der Waals surface area (Å²) in [5, 5.41) is 2.68. The predicted molar refractivity (Wildman–Crippen MR) is 78.9 cm³/mol. The summed E-state index contributed by atoms with van der Waals surface area (Å²) in [5.41, 5.74) is 6.96. The largest absolute Gasteiger partial charge is 0.324 e. The van der Waals surface area contributed by atoms with Crippen LogP contribution in [0.15, 0.2) is 23.1 Å². The number of sulfonamides is 1. The topological polar surface area (TPSA) is 101 Å². The molecule has 0 aliphatic rings. The van der Waals surface area contributed by atoms with E-state index in [-0.39, 0.29) is 10.8 Å². The molecule has 0 saturated carbocycles. The van der Waals surface area contributed by atoms with Crippen molar-refractivity contribution in [3.05, 3.63) is 23.8 Å². The molecule has 0 saturated heterocycles. The molecule has 1 aromatic carbocycles. The number of anilines is 1. The second-order valence-electron chi connectivity index (χ2n) is 4.57. The van der Waals surface area contributed by atoms with E-state index in [1.54, 1.807) is 13.0 Å². The first-order chi connectivity index (χ1) is 9.31. The van der Waals surface area contributed by atoms with Gasteiger partial charge in [-0.2, -0.15) is 0 Å². The molecule has 0 fully saturated rings. The van der Waals surface area contributed by atoms with Crippen molar-refractivity contribution in [3.8, 4) is 0 Å².